The Bertz CT molecular complexity index is 2480. The van der Waals surface area contributed by atoms with Crippen LogP contribution < -0.4 is 4.90 Å². The molecule has 45 heavy (non-hydrogen) atoms. The summed E-state index contributed by atoms with van der Waals surface area (Å²) in [7, 11) is 0. The molecule has 4 nitrogen and oxygen atoms in total. The van der Waals surface area contributed by atoms with Crippen LogP contribution in [0, 0.1) is 0 Å². The van der Waals surface area contributed by atoms with E-state index in [0.29, 0.717) is 5.89 Å². The van der Waals surface area contributed by atoms with E-state index >= 15 is 0 Å². The van der Waals surface area contributed by atoms with Crippen LogP contribution in [0.3, 0.4) is 0 Å². The molecule has 0 saturated heterocycles. The Labute approximate surface area is 260 Å². The number of hydrogen-bond donors (Lipinski definition) is 0. The standard InChI is InChI=1S/C41H27N3O/c1-3-13-30(14-4-1)43(32-25-22-29(23-26-32)41-42-40-33-17-8-7-12-28(33)24-27-38(40)45-41)36-20-11-21-37-39(36)34-18-9-10-19-35(34)44(37)31-15-5-2-6-16-31/h1-27H. The Balaban J connectivity index is 1.22. The zero-order valence-electron chi connectivity index (χ0n) is 24.3. The number of hydrogen-bond acceptors (Lipinski definition) is 3. The van der Waals surface area contributed by atoms with Crippen LogP contribution in [-0.2, 0) is 0 Å². The summed E-state index contributed by atoms with van der Waals surface area (Å²) in [4.78, 5) is 7.27. The molecule has 7 aromatic carbocycles. The second kappa shape index (κ2) is 10.2. The molecular weight excluding hydrogens is 550 g/mol. The van der Waals surface area contributed by atoms with E-state index in [1.807, 2.05) is 18.2 Å². The van der Waals surface area contributed by atoms with Gasteiger partial charge in [-0.15, -0.1) is 0 Å². The second-order valence-electron chi connectivity index (χ2n) is 11.2. The number of fused-ring (bicyclic) bond motifs is 6. The zero-order valence-corrected chi connectivity index (χ0v) is 24.3. The van der Waals surface area contributed by atoms with E-state index in [1.54, 1.807) is 0 Å². The van der Waals surface area contributed by atoms with Crippen molar-refractivity contribution in [3.63, 3.8) is 0 Å². The van der Waals surface area contributed by atoms with E-state index < -0.39 is 0 Å². The second-order valence-corrected chi connectivity index (χ2v) is 11.2. The maximum absolute atomic E-state index is 6.25. The van der Waals surface area contributed by atoms with Gasteiger partial charge in [-0.05, 0) is 78.2 Å². The number of benzene rings is 7. The van der Waals surface area contributed by atoms with Gasteiger partial charge in [0.05, 0.1) is 16.7 Å². The van der Waals surface area contributed by atoms with Crippen LogP contribution >= 0.6 is 0 Å². The summed E-state index contributed by atoms with van der Waals surface area (Å²) < 4.78 is 8.61. The summed E-state index contributed by atoms with van der Waals surface area (Å²) in [5, 5.41) is 4.67. The van der Waals surface area contributed by atoms with Gasteiger partial charge in [-0.3, -0.25) is 0 Å². The van der Waals surface area contributed by atoms with Crippen molar-refractivity contribution in [3.05, 3.63) is 164 Å². The van der Waals surface area contributed by atoms with Gasteiger partial charge in [0.25, 0.3) is 0 Å². The molecule has 0 unspecified atom stereocenters. The monoisotopic (exact) mass is 577 g/mol. The molecule has 0 spiro atoms. The number of para-hydroxylation sites is 3. The van der Waals surface area contributed by atoms with Crippen molar-refractivity contribution in [2.75, 3.05) is 4.90 Å². The van der Waals surface area contributed by atoms with E-state index in [-0.39, 0.29) is 0 Å². The third-order valence-corrected chi connectivity index (χ3v) is 8.60. The number of oxazole rings is 1. The van der Waals surface area contributed by atoms with Crippen LogP contribution in [0.5, 0.6) is 0 Å². The van der Waals surface area contributed by atoms with E-state index in [2.05, 4.69) is 155 Å². The Morgan fingerprint density at radius 2 is 1.18 bits per heavy atom. The number of aromatic nitrogens is 2. The number of rotatable bonds is 5. The average molecular weight is 578 g/mol. The Morgan fingerprint density at radius 3 is 2.00 bits per heavy atom. The first-order chi connectivity index (χ1) is 22.3. The van der Waals surface area contributed by atoms with Crippen LogP contribution in [0.2, 0.25) is 0 Å². The lowest BCUT2D eigenvalue weighted by Crippen LogP contribution is -2.10. The van der Waals surface area contributed by atoms with Gasteiger partial charge in [-0.25, -0.2) is 4.98 Å². The van der Waals surface area contributed by atoms with Gasteiger partial charge in [0.15, 0.2) is 5.58 Å². The number of nitrogens with zero attached hydrogens (tertiary/aromatic N) is 3. The molecule has 0 aliphatic heterocycles. The normalized spacial score (nSPS) is 11.6. The van der Waals surface area contributed by atoms with Crippen LogP contribution in [0.25, 0.3) is 60.8 Å². The van der Waals surface area contributed by atoms with Gasteiger partial charge in [0.2, 0.25) is 5.89 Å². The fourth-order valence-electron chi connectivity index (χ4n) is 6.58. The molecule has 0 radical (unpaired) electrons. The lowest BCUT2D eigenvalue weighted by atomic mass is 10.1. The van der Waals surface area contributed by atoms with Gasteiger partial charge in [-0.2, -0.15) is 0 Å². The van der Waals surface area contributed by atoms with Crippen molar-refractivity contribution in [1.29, 1.82) is 0 Å². The average Bonchev–Trinajstić information content (AvgIpc) is 3.70. The SMILES string of the molecule is c1ccc(N(c2ccc(-c3nc4c(ccc5ccccc54)o3)cc2)c2cccc3c2c2ccccc2n3-c2ccccc2)cc1. The molecule has 0 N–H and O–H groups in total. The van der Waals surface area contributed by atoms with Crippen molar-refractivity contribution >= 4 is 60.7 Å². The van der Waals surface area contributed by atoms with Crippen molar-refractivity contribution in [1.82, 2.24) is 9.55 Å². The molecular formula is C41H27N3O. The third kappa shape index (κ3) is 4.11. The smallest absolute Gasteiger partial charge is 0.227 e. The van der Waals surface area contributed by atoms with E-state index in [4.69, 9.17) is 9.40 Å². The van der Waals surface area contributed by atoms with Gasteiger partial charge < -0.3 is 13.9 Å². The maximum Gasteiger partial charge on any atom is 0.227 e. The van der Waals surface area contributed by atoms with Crippen molar-refractivity contribution in [2.45, 2.75) is 0 Å². The fourth-order valence-corrected chi connectivity index (χ4v) is 6.58. The molecule has 0 aliphatic carbocycles. The van der Waals surface area contributed by atoms with Crippen LogP contribution in [0.1, 0.15) is 0 Å². The molecule has 0 fully saturated rings. The van der Waals surface area contributed by atoms with Gasteiger partial charge >= 0.3 is 0 Å². The Morgan fingerprint density at radius 1 is 0.511 bits per heavy atom. The highest BCUT2D eigenvalue weighted by Gasteiger charge is 2.21. The van der Waals surface area contributed by atoms with Crippen molar-refractivity contribution < 1.29 is 4.42 Å². The highest BCUT2D eigenvalue weighted by molar-refractivity contribution is 6.16. The van der Waals surface area contributed by atoms with Crippen LogP contribution in [0.4, 0.5) is 17.1 Å². The molecule has 2 aromatic heterocycles. The summed E-state index contributed by atoms with van der Waals surface area (Å²) in [6, 6.07) is 57.3. The maximum atomic E-state index is 6.25. The predicted molar refractivity (Wildman–Crippen MR) is 186 cm³/mol. The van der Waals surface area contributed by atoms with E-state index in [0.717, 1.165) is 55.7 Å². The molecule has 0 atom stereocenters. The molecule has 0 amide bonds. The summed E-state index contributed by atoms with van der Waals surface area (Å²) in [6.45, 7) is 0. The van der Waals surface area contributed by atoms with Gasteiger partial charge in [0.1, 0.15) is 5.52 Å². The summed E-state index contributed by atoms with van der Waals surface area (Å²) in [5.41, 5.74) is 9.35. The zero-order chi connectivity index (χ0) is 29.7. The number of anilines is 3. The summed E-state index contributed by atoms with van der Waals surface area (Å²) in [6.07, 6.45) is 0. The predicted octanol–water partition coefficient (Wildman–Crippen LogP) is 11.2. The molecule has 0 aliphatic rings. The first-order valence-corrected chi connectivity index (χ1v) is 15.1. The molecule has 0 bridgehead atoms. The first-order valence-electron chi connectivity index (χ1n) is 15.1. The molecule has 0 saturated carbocycles. The first kappa shape index (κ1) is 25.4. The van der Waals surface area contributed by atoms with E-state index in [9.17, 15) is 0 Å². The topological polar surface area (TPSA) is 34.2 Å². The third-order valence-electron chi connectivity index (χ3n) is 8.60. The molecule has 2 heterocycles. The minimum absolute atomic E-state index is 0.618. The molecule has 9 aromatic rings. The summed E-state index contributed by atoms with van der Waals surface area (Å²) in [5.74, 6) is 0.618. The van der Waals surface area contributed by atoms with Crippen molar-refractivity contribution in [3.8, 4) is 17.1 Å². The molecule has 4 heteroatoms. The Kier molecular flexibility index (Phi) is 5.78. The van der Waals surface area contributed by atoms with Gasteiger partial charge in [-0.1, -0.05) is 91.0 Å². The van der Waals surface area contributed by atoms with Crippen LogP contribution in [0.15, 0.2) is 168 Å². The minimum atomic E-state index is 0.618. The molecule has 9 rings (SSSR count). The van der Waals surface area contributed by atoms with Crippen molar-refractivity contribution in [2.24, 2.45) is 0 Å². The molecule has 212 valence electrons. The summed E-state index contributed by atoms with van der Waals surface area (Å²) >= 11 is 0. The fraction of sp³-hybridized carbons (Fsp3) is 0. The lowest BCUT2D eigenvalue weighted by Gasteiger charge is -2.26. The lowest BCUT2D eigenvalue weighted by molar-refractivity contribution is 0.620. The highest BCUT2D eigenvalue weighted by atomic mass is 16.3. The van der Waals surface area contributed by atoms with Crippen LogP contribution in [-0.4, -0.2) is 9.55 Å². The Hall–Kier alpha value is -6.13. The largest absolute Gasteiger partial charge is 0.436 e. The van der Waals surface area contributed by atoms with Gasteiger partial charge in [0, 0.05) is 38.8 Å². The highest BCUT2D eigenvalue weighted by Crippen LogP contribution is 2.44. The minimum Gasteiger partial charge on any atom is -0.436 e. The quantitative estimate of drug-likeness (QED) is 0.204. The van der Waals surface area contributed by atoms with E-state index in [1.165, 1.54) is 16.3 Å².